The quantitative estimate of drug-likeness (QED) is 0.547. The summed E-state index contributed by atoms with van der Waals surface area (Å²) in [6, 6.07) is 5.74. The van der Waals surface area contributed by atoms with Crippen LogP contribution in [-0.2, 0) is 4.79 Å². The molecule has 1 aromatic carbocycles. The molecule has 0 radical (unpaired) electrons. The first kappa shape index (κ1) is 12.6. The number of carbonyl (C=O) groups excluding carboxylic acids is 2. The smallest absolute Gasteiger partial charge is 0.173 e. The van der Waals surface area contributed by atoms with Crippen molar-refractivity contribution in [1.29, 1.82) is 0 Å². The summed E-state index contributed by atoms with van der Waals surface area (Å²) in [5.74, 6) is -1.11. The fourth-order valence-electron chi connectivity index (χ4n) is 1.42. The predicted octanol–water partition coefficient (Wildman–Crippen LogP) is 3.16. The Bertz CT molecular complexity index is 385. The van der Waals surface area contributed by atoms with Gasteiger partial charge in [-0.05, 0) is 18.6 Å². The van der Waals surface area contributed by atoms with Crippen molar-refractivity contribution >= 4 is 11.6 Å². The highest BCUT2D eigenvalue weighted by Gasteiger charge is 2.14. The first-order valence-corrected chi connectivity index (χ1v) is 5.44. The third kappa shape index (κ3) is 3.57. The first-order chi connectivity index (χ1) is 7.65. The molecule has 0 aromatic heterocycles. The molecule has 2 nitrogen and oxygen atoms in total. The molecular formula is C13H15FO2. The molecule has 0 amide bonds. The number of rotatable bonds is 6. The Kier molecular flexibility index (Phi) is 4.83. The van der Waals surface area contributed by atoms with Gasteiger partial charge >= 0.3 is 0 Å². The molecule has 0 atom stereocenters. The zero-order valence-electron chi connectivity index (χ0n) is 9.33. The van der Waals surface area contributed by atoms with E-state index in [-0.39, 0.29) is 17.8 Å². The number of unbranched alkanes of at least 4 members (excludes halogenated alkanes) is 1. The number of Topliss-reactive ketones (excluding diaryl/α,β-unsaturated/α-hetero) is 2. The Hall–Kier alpha value is -1.51. The van der Waals surface area contributed by atoms with Crippen LogP contribution in [0.3, 0.4) is 0 Å². The van der Waals surface area contributed by atoms with E-state index in [1.807, 2.05) is 6.92 Å². The third-order valence-corrected chi connectivity index (χ3v) is 2.34. The normalized spacial score (nSPS) is 10.1. The maximum absolute atomic E-state index is 13.2. The van der Waals surface area contributed by atoms with Crippen molar-refractivity contribution < 1.29 is 14.0 Å². The number of hydrogen-bond acceptors (Lipinski definition) is 2. The van der Waals surface area contributed by atoms with Crippen LogP contribution in [0.5, 0.6) is 0 Å². The van der Waals surface area contributed by atoms with Crippen LogP contribution in [0.15, 0.2) is 24.3 Å². The van der Waals surface area contributed by atoms with Crippen molar-refractivity contribution in [2.75, 3.05) is 0 Å². The molecule has 16 heavy (non-hydrogen) atoms. The van der Waals surface area contributed by atoms with Crippen LogP contribution in [0.4, 0.5) is 4.39 Å². The van der Waals surface area contributed by atoms with Gasteiger partial charge in [-0.2, -0.15) is 0 Å². The van der Waals surface area contributed by atoms with E-state index in [2.05, 4.69) is 0 Å². The molecule has 3 heteroatoms. The molecule has 0 saturated carbocycles. The monoisotopic (exact) mass is 222 g/mol. The van der Waals surface area contributed by atoms with Gasteiger partial charge in [0.1, 0.15) is 11.6 Å². The molecule has 0 heterocycles. The van der Waals surface area contributed by atoms with E-state index >= 15 is 0 Å². The topological polar surface area (TPSA) is 34.1 Å². The Morgan fingerprint density at radius 3 is 2.56 bits per heavy atom. The second-order valence-corrected chi connectivity index (χ2v) is 3.72. The lowest BCUT2D eigenvalue weighted by molar-refractivity contribution is -0.118. The SMILES string of the molecule is CCCCC(=O)CC(=O)c1ccccc1F. The summed E-state index contributed by atoms with van der Waals surface area (Å²) in [6.07, 6.45) is 1.90. The molecule has 0 aliphatic rings. The number of benzene rings is 1. The zero-order chi connectivity index (χ0) is 12.0. The summed E-state index contributed by atoms with van der Waals surface area (Å²) in [4.78, 5) is 22.9. The van der Waals surface area contributed by atoms with Crippen LogP contribution in [0.2, 0.25) is 0 Å². The molecule has 86 valence electrons. The largest absolute Gasteiger partial charge is 0.299 e. The minimum absolute atomic E-state index is 0.00680. The van der Waals surface area contributed by atoms with Gasteiger partial charge in [0, 0.05) is 6.42 Å². The third-order valence-electron chi connectivity index (χ3n) is 2.34. The lowest BCUT2D eigenvalue weighted by Crippen LogP contribution is -2.09. The van der Waals surface area contributed by atoms with E-state index in [1.165, 1.54) is 18.2 Å². The van der Waals surface area contributed by atoms with E-state index in [0.717, 1.165) is 12.8 Å². The van der Waals surface area contributed by atoms with Crippen LogP contribution >= 0.6 is 0 Å². The number of ketones is 2. The minimum Gasteiger partial charge on any atom is -0.299 e. The van der Waals surface area contributed by atoms with Crippen molar-refractivity contribution in [2.24, 2.45) is 0 Å². The summed E-state index contributed by atoms with van der Waals surface area (Å²) in [5, 5.41) is 0. The summed E-state index contributed by atoms with van der Waals surface area (Å²) in [7, 11) is 0. The van der Waals surface area contributed by atoms with Crippen LogP contribution in [-0.4, -0.2) is 11.6 Å². The molecule has 0 N–H and O–H groups in total. The summed E-state index contributed by atoms with van der Waals surface area (Å²) < 4.78 is 13.2. The summed E-state index contributed by atoms with van der Waals surface area (Å²) in [6.45, 7) is 1.98. The predicted molar refractivity (Wildman–Crippen MR) is 59.9 cm³/mol. The molecule has 0 aliphatic carbocycles. The van der Waals surface area contributed by atoms with Crippen LogP contribution < -0.4 is 0 Å². The van der Waals surface area contributed by atoms with Crippen molar-refractivity contribution in [1.82, 2.24) is 0 Å². The minimum atomic E-state index is -0.559. The van der Waals surface area contributed by atoms with E-state index in [9.17, 15) is 14.0 Å². The fraction of sp³-hybridized carbons (Fsp3) is 0.385. The van der Waals surface area contributed by atoms with Crippen molar-refractivity contribution in [3.05, 3.63) is 35.6 Å². The Morgan fingerprint density at radius 1 is 1.25 bits per heavy atom. The Morgan fingerprint density at radius 2 is 1.94 bits per heavy atom. The van der Waals surface area contributed by atoms with Crippen molar-refractivity contribution in [3.63, 3.8) is 0 Å². The lowest BCUT2D eigenvalue weighted by Gasteiger charge is -2.01. The molecule has 0 fully saturated rings. The second-order valence-electron chi connectivity index (χ2n) is 3.72. The van der Waals surface area contributed by atoms with Crippen molar-refractivity contribution in [2.45, 2.75) is 32.6 Å². The van der Waals surface area contributed by atoms with Gasteiger partial charge < -0.3 is 0 Å². The lowest BCUT2D eigenvalue weighted by atomic mass is 10.0. The van der Waals surface area contributed by atoms with E-state index in [1.54, 1.807) is 6.07 Å². The standard InChI is InChI=1S/C13H15FO2/c1-2-3-6-10(15)9-13(16)11-7-4-5-8-12(11)14/h4-5,7-8H,2-3,6,9H2,1H3. The Labute approximate surface area is 94.5 Å². The van der Waals surface area contributed by atoms with E-state index in [0.29, 0.717) is 6.42 Å². The van der Waals surface area contributed by atoms with Gasteiger partial charge in [0.2, 0.25) is 0 Å². The maximum Gasteiger partial charge on any atom is 0.173 e. The van der Waals surface area contributed by atoms with Gasteiger partial charge in [-0.3, -0.25) is 9.59 Å². The summed E-state index contributed by atoms with van der Waals surface area (Å²) in [5.41, 5.74) is 0.00680. The zero-order valence-corrected chi connectivity index (χ0v) is 9.33. The van der Waals surface area contributed by atoms with E-state index in [4.69, 9.17) is 0 Å². The molecule has 0 spiro atoms. The summed E-state index contributed by atoms with van der Waals surface area (Å²) >= 11 is 0. The first-order valence-electron chi connectivity index (χ1n) is 5.44. The van der Waals surface area contributed by atoms with Gasteiger partial charge in [0.15, 0.2) is 5.78 Å². The molecule has 1 rings (SSSR count). The van der Waals surface area contributed by atoms with Gasteiger partial charge in [0.05, 0.1) is 12.0 Å². The van der Waals surface area contributed by atoms with Crippen molar-refractivity contribution in [3.8, 4) is 0 Å². The van der Waals surface area contributed by atoms with E-state index < -0.39 is 11.6 Å². The average Bonchev–Trinajstić information content (AvgIpc) is 2.26. The number of carbonyl (C=O) groups is 2. The maximum atomic E-state index is 13.2. The highest BCUT2D eigenvalue weighted by molar-refractivity contribution is 6.08. The van der Waals surface area contributed by atoms with Gasteiger partial charge in [-0.1, -0.05) is 25.5 Å². The molecule has 0 bridgehead atoms. The molecule has 0 saturated heterocycles. The molecule has 1 aromatic rings. The van der Waals surface area contributed by atoms with Gasteiger partial charge in [-0.25, -0.2) is 4.39 Å². The Balaban J connectivity index is 2.59. The molecule has 0 unspecified atom stereocenters. The second kappa shape index (κ2) is 6.16. The number of hydrogen-bond donors (Lipinski definition) is 0. The highest BCUT2D eigenvalue weighted by Crippen LogP contribution is 2.10. The molecular weight excluding hydrogens is 207 g/mol. The van der Waals surface area contributed by atoms with Gasteiger partial charge in [0.25, 0.3) is 0 Å². The van der Waals surface area contributed by atoms with Crippen LogP contribution in [0.1, 0.15) is 43.0 Å². The van der Waals surface area contributed by atoms with Crippen LogP contribution in [0.25, 0.3) is 0 Å². The average molecular weight is 222 g/mol. The fourth-order valence-corrected chi connectivity index (χ4v) is 1.42. The van der Waals surface area contributed by atoms with Crippen LogP contribution in [0, 0.1) is 5.82 Å². The molecule has 0 aliphatic heterocycles. The highest BCUT2D eigenvalue weighted by atomic mass is 19.1. The number of halogens is 1. The van der Waals surface area contributed by atoms with Gasteiger partial charge in [-0.15, -0.1) is 0 Å².